The maximum absolute atomic E-state index is 12.6. The lowest BCUT2D eigenvalue weighted by atomic mass is 10.1. The number of hydrogen-bond donors (Lipinski definition) is 2. The molecule has 0 spiro atoms. The summed E-state index contributed by atoms with van der Waals surface area (Å²) in [6.45, 7) is 0.927. The van der Waals surface area contributed by atoms with Gasteiger partial charge in [-0.15, -0.1) is 0 Å². The molecule has 3 rings (SSSR count). The van der Waals surface area contributed by atoms with Gasteiger partial charge in [0.15, 0.2) is 0 Å². The van der Waals surface area contributed by atoms with E-state index in [-0.39, 0.29) is 11.8 Å². The second kappa shape index (κ2) is 10.1. The predicted molar refractivity (Wildman–Crippen MR) is 113 cm³/mol. The van der Waals surface area contributed by atoms with Crippen LogP contribution >= 0.6 is 0 Å². The van der Waals surface area contributed by atoms with Crippen LogP contribution in [0.25, 0.3) is 0 Å². The molecule has 0 unspecified atom stereocenters. The van der Waals surface area contributed by atoms with Crippen LogP contribution in [-0.2, 0) is 4.74 Å². The lowest BCUT2D eigenvalue weighted by Crippen LogP contribution is -2.18. The minimum atomic E-state index is -0.312. The number of methoxy groups -OCH3 is 1. The van der Waals surface area contributed by atoms with E-state index in [9.17, 15) is 9.59 Å². The first kappa shape index (κ1) is 20.1. The van der Waals surface area contributed by atoms with Gasteiger partial charge in [0.2, 0.25) is 0 Å². The molecule has 6 heteroatoms. The number of hydrogen-bond acceptors (Lipinski definition) is 4. The Labute approximate surface area is 169 Å². The fraction of sp³-hybridized carbons (Fsp3) is 0.130. The van der Waals surface area contributed by atoms with Gasteiger partial charge in [-0.1, -0.05) is 30.3 Å². The van der Waals surface area contributed by atoms with E-state index >= 15 is 0 Å². The fourth-order valence-corrected chi connectivity index (χ4v) is 2.65. The first-order chi connectivity index (χ1) is 14.2. The molecule has 2 N–H and O–H groups in total. The predicted octanol–water partition coefficient (Wildman–Crippen LogP) is 4.22. The van der Waals surface area contributed by atoms with Crippen LogP contribution in [0.3, 0.4) is 0 Å². The van der Waals surface area contributed by atoms with Gasteiger partial charge in [-0.05, 0) is 48.5 Å². The summed E-state index contributed by atoms with van der Waals surface area (Å²) in [5.41, 5.74) is 1.96. The molecule has 0 aliphatic heterocycles. The second-order valence-corrected chi connectivity index (χ2v) is 6.19. The van der Waals surface area contributed by atoms with Crippen molar-refractivity contribution in [3.05, 3.63) is 90.0 Å². The van der Waals surface area contributed by atoms with Gasteiger partial charge >= 0.3 is 0 Å². The van der Waals surface area contributed by atoms with Crippen molar-refractivity contribution in [2.45, 2.75) is 0 Å². The first-order valence-electron chi connectivity index (χ1n) is 9.16. The molecule has 0 aromatic heterocycles. The Hall–Kier alpha value is -3.64. The van der Waals surface area contributed by atoms with Crippen LogP contribution in [0.4, 0.5) is 11.4 Å². The summed E-state index contributed by atoms with van der Waals surface area (Å²) in [4.78, 5) is 25.2. The molecule has 0 aliphatic carbocycles. The number of rotatable bonds is 8. The highest BCUT2D eigenvalue weighted by atomic mass is 16.5. The second-order valence-electron chi connectivity index (χ2n) is 6.19. The summed E-state index contributed by atoms with van der Waals surface area (Å²) in [6, 6.07) is 22.8. The number of ether oxygens (including phenoxy) is 2. The number of para-hydroxylation sites is 2. The van der Waals surface area contributed by atoms with Crippen molar-refractivity contribution in [3.8, 4) is 5.75 Å². The van der Waals surface area contributed by atoms with Gasteiger partial charge < -0.3 is 20.1 Å². The zero-order valence-corrected chi connectivity index (χ0v) is 16.1. The summed E-state index contributed by atoms with van der Waals surface area (Å²) in [7, 11) is 1.61. The Balaban J connectivity index is 1.68. The van der Waals surface area contributed by atoms with Crippen molar-refractivity contribution in [1.29, 1.82) is 0 Å². The Bertz CT molecular complexity index is 956. The van der Waals surface area contributed by atoms with Crippen LogP contribution in [0.5, 0.6) is 5.75 Å². The van der Waals surface area contributed by atoms with Gasteiger partial charge in [0, 0.05) is 18.4 Å². The average molecular weight is 390 g/mol. The number of carbonyl (C=O) groups is 2. The van der Waals surface area contributed by atoms with Gasteiger partial charge in [-0.25, -0.2) is 0 Å². The van der Waals surface area contributed by atoms with E-state index in [0.717, 1.165) is 0 Å². The Morgan fingerprint density at radius 2 is 1.45 bits per heavy atom. The monoisotopic (exact) mass is 390 g/mol. The molecule has 29 heavy (non-hydrogen) atoms. The Morgan fingerprint density at radius 3 is 2.17 bits per heavy atom. The van der Waals surface area contributed by atoms with Crippen LogP contribution in [-0.4, -0.2) is 32.1 Å². The largest absolute Gasteiger partial charge is 0.491 e. The van der Waals surface area contributed by atoms with Crippen molar-refractivity contribution in [1.82, 2.24) is 0 Å². The van der Waals surface area contributed by atoms with Gasteiger partial charge in [0.05, 0.1) is 17.9 Å². The minimum absolute atomic E-state index is 0.297. The number of carbonyl (C=O) groups excluding carboxylic acids is 2. The highest BCUT2D eigenvalue weighted by molar-refractivity contribution is 6.12. The summed E-state index contributed by atoms with van der Waals surface area (Å²) in [5, 5.41) is 5.63. The van der Waals surface area contributed by atoms with Crippen molar-refractivity contribution < 1.29 is 19.1 Å². The van der Waals surface area contributed by atoms with Crippen LogP contribution in [0.15, 0.2) is 78.9 Å². The van der Waals surface area contributed by atoms with Crippen molar-refractivity contribution in [2.75, 3.05) is 31.0 Å². The number of amides is 2. The van der Waals surface area contributed by atoms with E-state index in [4.69, 9.17) is 9.47 Å². The molecular formula is C23H22N2O4. The number of benzene rings is 3. The van der Waals surface area contributed by atoms with E-state index in [1.165, 1.54) is 0 Å². The normalized spacial score (nSPS) is 10.2. The summed E-state index contributed by atoms with van der Waals surface area (Å²) in [6.07, 6.45) is 0. The highest BCUT2D eigenvalue weighted by Gasteiger charge is 2.14. The van der Waals surface area contributed by atoms with Crippen LogP contribution < -0.4 is 15.4 Å². The molecule has 0 heterocycles. The highest BCUT2D eigenvalue weighted by Crippen LogP contribution is 2.19. The molecule has 6 nitrogen and oxygen atoms in total. The third-order valence-corrected chi connectivity index (χ3v) is 4.12. The molecule has 3 aromatic rings. The SMILES string of the molecule is COCCOc1ccc(C(=O)Nc2ccccc2C(=O)Nc2ccccc2)cc1. The first-order valence-corrected chi connectivity index (χ1v) is 9.16. The zero-order valence-electron chi connectivity index (χ0n) is 16.1. The summed E-state index contributed by atoms with van der Waals surface area (Å²) >= 11 is 0. The molecular weight excluding hydrogens is 368 g/mol. The van der Waals surface area contributed by atoms with E-state index in [0.29, 0.717) is 41.5 Å². The summed E-state index contributed by atoms with van der Waals surface area (Å²) < 4.78 is 10.4. The van der Waals surface area contributed by atoms with E-state index in [1.807, 2.05) is 18.2 Å². The van der Waals surface area contributed by atoms with Crippen molar-refractivity contribution in [3.63, 3.8) is 0 Å². The molecule has 148 valence electrons. The molecule has 0 aliphatic rings. The summed E-state index contributed by atoms with van der Waals surface area (Å²) in [5.74, 6) is 0.0450. The van der Waals surface area contributed by atoms with Crippen LogP contribution in [0.2, 0.25) is 0 Å². The lowest BCUT2D eigenvalue weighted by Gasteiger charge is -2.12. The molecule has 0 saturated carbocycles. The number of nitrogens with one attached hydrogen (secondary N) is 2. The maximum Gasteiger partial charge on any atom is 0.257 e. The molecule has 0 radical (unpaired) electrons. The molecule has 0 atom stereocenters. The van der Waals surface area contributed by atoms with Gasteiger partial charge in [0.25, 0.3) is 11.8 Å². The van der Waals surface area contributed by atoms with Gasteiger partial charge in [-0.2, -0.15) is 0 Å². The minimum Gasteiger partial charge on any atom is -0.491 e. The van der Waals surface area contributed by atoms with E-state index < -0.39 is 0 Å². The number of anilines is 2. The topological polar surface area (TPSA) is 76.7 Å². The lowest BCUT2D eigenvalue weighted by molar-refractivity contribution is 0.102. The average Bonchev–Trinajstić information content (AvgIpc) is 2.75. The molecule has 0 fully saturated rings. The third kappa shape index (κ3) is 5.67. The van der Waals surface area contributed by atoms with Crippen molar-refractivity contribution >= 4 is 23.2 Å². The van der Waals surface area contributed by atoms with Gasteiger partial charge in [-0.3, -0.25) is 9.59 Å². The standard InChI is InChI=1S/C23H22N2O4/c1-28-15-16-29-19-13-11-17(12-14-19)22(26)25-21-10-6-5-9-20(21)23(27)24-18-7-3-2-4-8-18/h2-14H,15-16H2,1H3,(H,24,27)(H,25,26). The third-order valence-electron chi connectivity index (χ3n) is 4.12. The van der Waals surface area contributed by atoms with Crippen LogP contribution in [0, 0.1) is 0 Å². The molecule has 3 aromatic carbocycles. The smallest absolute Gasteiger partial charge is 0.257 e. The Kier molecular flexibility index (Phi) is 6.97. The molecule has 0 bridgehead atoms. The molecule has 0 saturated heterocycles. The van der Waals surface area contributed by atoms with E-state index in [2.05, 4.69) is 10.6 Å². The quantitative estimate of drug-likeness (QED) is 0.565. The van der Waals surface area contributed by atoms with Crippen LogP contribution in [0.1, 0.15) is 20.7 Å². The van der Waals surface area contributed by atoms with Gasteiger partial charge in [0.1, 0.15) is 12.4 Å². The molecule has 2 amide bonds. The van der Waals surface area contributed by atoms with Crippen molar-refractivity contribution in [2.24, 2.45) is 0 Å². The Morgan fingerprint density at radius 1 is 0.759 bits per heavy atom. The fourth-order valence-electron chi connectivity index (χ4n) is 2.65. The van der Waals surface area contributed by atoms with E-state index in [1.54, 1.807) is 67.8 Å². The zero-order chi connectivity index (χ0) is 20.5. The maximum atomic E-state index is 12.6.